The molecule has 1 rings (SSSR count). The summed E-state index contributed by atoms with van der Waals surface area (Å²) in [5, 5.41) is 2.80. The number of amides is 1. The normalized spacial score (nSPS) is 12.0. The van der Waals surface area contributed by atoms with E-state index in [1.54, 1.807) is 19.9 Å². The van der Waals surface area contributed by atoms with Gasteiger partial charge in [-0.1, -0.05) is 13.3 Å². The van der Waals surface area contributed by atoms with Crippen LogP contribution in [-0.4, -0.2) is 18.6 Å². The number of hydrogen-bond acceptors (Lipinski definition) is 2. The Morgan fingerprint density at radius 3 is 2.83 bits per heavy atom. The highest BCUT2D eigenvalue weighted by Crippen LogP contribution is 2.19. The van der Waals surface area contributed by atoms with Crippen molar-refractivity contribution >= 4 is 5.91 Å². The first-order valence-corrected chi connectivity index (χ1v) is 6.25. The molecule has 0 aromatic heterocycles. The summed E-state index contributed by atoms with van der Waals surface area (Å²) >= 11 is 0. The number of hydrogen-bond donors (Lipinski definition) is 1. The van der Waals surface area contributed by atoms with Crippen molar-refractivity contribution in [3.63, 3.8) is 0 Å². The highest BCUT2D eigenvalue weighted by molar-refractivity contribution is 5.80. The van der Waals surface area contributed by atoms with Gasteiger partial charge in [-0.25, -0.2) is 4.39 Å². The van der Waals surface area contributed by atoms with Gasteiger partial charge in [-0.05, 0) is 44.0 Å². The van der Waals surface area contributed by atoms with Gasteiger partial charge in [0.2, 0.25) is 0 Å². The first-order chi connectivity index (χ1) is 8.54. The number of benzene rings is 1. The van der Waals surface area contributed by atoms with Crippen LogP contribution < -0.4 is 10.1 Å². The molecule has 0 radical (unpaired) electrons. The highest BCUT2D eigenvalue weighted by atomic mass is 19.1. The molecule has 4 heteroatoms. The highest BCUT2D eigenvalue weighted by Gasteiger charge is 2.14. The first-order valence-electron chi connectivity index (χ1n) is 6.25. The smallest absolute Gasteiger partial charge is 0.260 e. The van der Waals surface area contributed by atoms with Crippen LogP contribution in [-0.2, 0) is 4.79 Å². The minimum Gasteiger partial charge on any atom is -0.481 e. The van der Waals surface area contributed by atoms with Gasteiger partial charge in [0.1, 0.15) is 11.6 Å². The van der Waals surface area contributed by atoms with E-state index in [0.717, 1.165) is 12.8 Å². The lowest BCUT2D eigenvalue weighted by atomic mass is 10.2. The summed E-state index contributed by atoms with van der Waals surface area (Å²) in [7, 11) is 0. The zero-order valence-electron chi connectivity index (χ0n) is 11.1. The van der Waals surface area contributed by atoms with E-state index >= 15 is 0 Å². The van der Waals surface area contributed by atoms with Gasteiger partial charge in [0, 0.05) is 6.54 Å². The Bertz CT molecular complexity index is 407. The van der Waals surface area contributed by atoms with Gasteiger partial charge in [0.15, 0.2) is 6.10 Å². The van der Waals surface area contributed by atoms with Crippen molar-refractivity contribution < 1.29 is 13.9 Å². The molecule has 1 N–H and O–H groups in total. The minimum atomic E-state index is -0.578. The maximum absolute atomic E-state index is 12.9. The fourth-order valence-electron chi connectivity index (χ4n) is 1.52. The average molecular weight is 253 g/mol. The van der Waals surface area contributed by atoms with Crippen molar-refractivity contribution in [3.8, 4) is 5.75 Å². The first kappa shape index (κ1) is 14.5. The molecule has 18 heavy (non-hydrogen) atoms. The molecule has 0 aliphatic rings. The second-order valence-corrected chi connectivity index (χ2v) is 4.31. The maximum Gasteiger partial charge on any atom is 0.260 e. The van der Waals surface area contributed by atoms with Crippen LogP contribution in [0.25, 0.3) is 0 Å². The van der Waals surface area contributed by atoms with Crippen LogP contribution in [0, 0.1) is 12.7 Å². The topological polar surface area (TPSA) is 38.3 Å². The second kappa shape index (κ2) is 6.99. The second-order valence-electron chi connectivity index (χ2n) is 4.31. The molecule has 0 aliphatic carbocycles. The van der Waals surface area contributed by atoms with Crippen LogP contribution in [0.2, 0.25) is 0 Å². The fourth-order valence-corrected chi connectivity index (χ4v) is 1.52. The van der Waals surface area contributed by atoms with E-state index in [4.69, 9.17) is 4.74 Å². The molecule has 1 unspecified atom stereocenters. The predicted octanol–water partition coefficient (Wildman–Crippen LogP) is 2.82. The van der Waals surface area contributed by atoms with Crippen LogP contribution >= 0.6 is 0 Å². The van der Waals surface area contributed by atoms with E-state index in [9.17, 15) is 9.18 Å². The molecule has 0 spiro atoms. The van der Waals surface area contributed by atoms with Crippen LogP contribution in [0.5, 0.6) is 5.75 Å². The Hall–Kier alpha value is -1.58. The molecule has 0 saturated heterocycles. The van der Waals surface area contributed by atoms with Crippen molar-refractivity contribution in [1.29, 1.82) is 0 Å². The lowest BCUT2D eigenvalue weighted by Crippen LogP contribution is -2.36. The molecular weight excluding hydrogens is 233 g/mol. The molecule has 1 atom stereocenters. The largest absolute Gasteiger partial charge is 0.481 e. The van der Waals surface area contributed by atoms with Gasteiger partial charge in [-0.15, -0.1) is 0 Å². The summed E-state index contributed by atoms with van der Waals surface area (Å²) in [6, 6.07) is 4.25. The van der Waals surface area contributed by atoms with E-state index < -0.39 is 6.10 Å². The van der Waals surface area contributed by atoms with E-state index in [1.807, 2.05) is 0 Å². The molecule has 100 valence electrons. The van der Waals surface area contributed by atoms with E-state index in [2.05, 4.69) is 12.2 Å². The van der Waals surface area contributed by atoms with Gasteiger partial charge in [-0.3, -0.25) is 4.79 Å². The lowest BCUT2D eigenvalue weighted by Gasteiger charge is -2.16. The summed E-state index contributed by atoms with van der Waals surface area (Å²) in [6.07, 6.45) is 1.41. The number of halogens is 1. The van der Waals surface area contributed by atoms with E-state index in [1.165, 1.54) is 12.1 Å². The molecule has 0 saturated carbocycles. The molecule has 1 amide bonds. The average Bonchev–Trinajstić information content (AvgIpc) is 2.32. The van der Waals surface area contributed by atoms with Gasteiger partial charge >= 0.3 is 0 Å². The number of carbonyl (C=O) groups excluding carboxylic acids is 1. The molecule has 1 aromatic carbocycles. The van der Waals surface area contributed by atoms with Crippen molar-refractivity contribution in [1.82, 2.24) is 5.32 Å². The van der Waals surface area contributed by atoms with Crippen molar-refractivity contribution in [3.05, 3.63) is 29.6 Å². The summed E-state index contributed by atoms with van der Waals surface area (Å²) in [5.74, 6) is 0.0848. The molecule has 1 aromatic rings. The summed E-state index contributed by atoms with van der Waals surface area (Å²) in [5.41, 5.74) is 0.684. The Morgan fingerprint density at radius 1 is 1.50 bits per heavy atom. The van der Waals surface area contributed by atoms with Crippen LogP contribution in [0.15, 0.2) is 18.2 Å². The van der Waals surface area contributed by atoms with Crippen LogP contribution in [0.1, 0.15) is 32.3 Å². The molecular formula is C14H20FNO2. The number of rotatable bonds is 6. The lowest BCUT2D eigenvalue weighted by molar-refractivity contribution is -0.127. The molecule has 0 aliphatic heterocycles. The Balaban J connectivity index is 2.53. The van der Waals surface area contributed by atoms with Gasteiger partial charge in [-0.2, -0.15) is 0 Å². The summed E-state index contributed by atoms with van der Waals surface area (Å²) in [4.78, 5) is 11.7. The molecule has 3 nitrogen and oxygen atoms in total. The summed E-state index contributed by atoms with van der Waals surface area (Å²) < 4.78 is 18.4. The van der Waals surface area contributed by atoms with Crippen molar-refractivity contribution in [2.75, 3.05) is 6.54 Å². The van der Waals surface area contributed by atoms with Crippen molar-refractivity contribution in [2.24, 2.45) is 0 Å². The SMILES string of the molecule is CCCCNC(=O)C(C)Oc1ccc(F)cc1C. The standard InChI is InChI=1S/C14H20FNO2/c1-4-5-8-16-14(17)11(3)18-13-7-6-12(15)9-10(13)2/h6-7,9,11H,4-5,8H2,1-3H3,(H,16,17). The zero-order chi connectivity index (χ0) is 13.5. The maximum atomic E-state index is 12.9. The molecule has 0 bridgehead atoms. The monoisotopic (exact) mass is 253 g/mol. The quantitative estimate of drug-likeness (QED) is 0.792. The van der Waals surface area contributed by atoms with Gasteiger partial charge < -0.3 is 10.1 Å². The van der Waals surface area contributed by atoms with Gasteiger partial charge in [0.05, 0.1) is 0 Å². The predicted molar refractivity (Wildman–Crippen MR) is 69.1 cm³/mol. The van der Waals surface area contributed by atoms with Crippen LogP contribution in [0.4, 0.5) is 4.39 Å². The number of carbonyl (C=O) groups is 1. The number of nitrogens with one attached hydrogen (secondary N) is 1. The zero-order valence-corrected chi connectivity index (χ0v) is 11.1. The Labute approximate surface area is 107 Å². The Kier molecular flexibility index (Phi) is 5.62. The van der Waals surface area contributed by atoms with E-state index in [-0.39, 0.29) is 11.7 Å². The van der Waals surface area contributed by atoms with Crippen molar-refractivity contribution in [2.45, 2.75) is 39.7 Å². The number of aryl methyl sites for hydroxylation is 1. The third-order valence-corrected chi connectivity index (χ3v) is 2.64. The molecule has 0 fully saturated rings. The fraction of sp³-hybridized carbons (Fsp3) is 0.500. The third kappa shape index (κ3) is 4.35. The Morgan fingerprint density at radius 2 is 2.22 bits per heavy atom. The number of unbranched alkanes of at least 4 members (excludes halogenated alkanes) is 1. The van der Waals surface area contributed by atoms with Crippen LogP contribution in [0.3, 0.4) is 0 Å². The van der Waals surface area contributed by atoms with Gasteiger partial charge in [0.25, 0.3) is 5.91 Å². The van der Waals surface area contributed by atoms with E-state index in [0.29, 0.717) is 17.9 Å². The molecule has 0 heterocycles. The minimum absolute atomic E-state index is 0.146. The summed E-state index contributed by atoms with van der Waals surface area (Å²) in [6.45, 7) is 6.16. The number of ether oxygens (including phenoxy) is 1. The third-order valence-electron chi connectivity index (χ3n) is 2.64.